The molecule has 5 nitrogen and oxygen atoms in total. The summed E-state index contributed by atoms with van der Waals surface area (Å²) in [5.41, 5.74) is 0.473. The number of nitrogens with one attached hydrogen (secondary N) is 1. The Bertz CT molecular complexity index is 522. The van der Waals surface area contributed by atoms with Crippen molar-refractivity contribution in [3.8, 4) is 0 Å². The molecule has 1 atom stereocenters. The third-order valence-electron chi connectivity index (χ3n) is 2.81. The number of ketones is 1. The van der Waals surface area contributed by atoms with Crippen molar-refractivity contribution in [3.05, 3.63) is 29.8 Å². The molecule has 0 fully saturated rings. The third-order valence-corrected chi connectivity index (χ3v) is 4.29. The minimum atomic E-state index is -3.58. The van der Waals surface area contributed by atoms with Crippen molar-refractivity contribution in [2.24, 2.45) is 0 Å². The number of hydrogen-bond donors (Lipinski definition) is 2. The molecule has 6 heteroatoms. The van der Waals surface area contributed by atoms with Gasteiger partial charge in [-0.3, -0.25) is 4.79 Å². The molecular weight excluding hydrogens is 266 g/mol. The molecule has 1 unspecified atom stereocenters. The number of carbonyl (C=O) groups excluding carboxylic acids is 1. The average Bonchev–Trinajstić information content (AvgIpc) is 2.38. The molecule has 19 heavy (non-hydrogen) atoms. The van der Waals surface area contributed by atoms with Gasteiger partial charge in [-0.1, -0.05) is 19.1 Å². The SMILES string of the molecule is CCC(O)CCNS(=O)(=O)c1ccc(C(C)=O)cc1. The van der Waals surface area contributed by atoms with E-state index >= 15 is 0 Å². The Balaban J connectivity index is 2.69. The Morgan fingerprint density at radius 2 is 1.89 bits per heavy atom. The van der Waals surface area contributed by atoms with Gasteiger partial charge in [-0.2, -0.15) is 0 Å². The molecule has 0 aliphatic rings. The van der Waals surface area contributed by atoms with Crippen molar-refractivity contribution in [2.75, 3.05) is 6.54 Å². The molecule has 1 aromatic rings. The Morgan fingerprint density at radius 3 is 2.37 bits per heavy atom. The van der Waals surface area contributed by atoms with Crippen LogP contribution in [-0.4, -0.2) is 32.0 Å². The minimum absolute atomic E-state index is 0.108. The quantitative estimate of drug-likeness (QED) is 0.740. The van der Waals surface area contributed by atoms with Gasteiger partial charge in [0, 0.05) is 12.1 Å². The summed E-state index contributed by atoms with van der Waals surface area (Å²) in [7, 11) is -3.58. The summed E-state index contributed by atoms with van der Waals surface area (Å²) in [6.07, 6.45) is 0.471. The summed E-state index contributed by atoms with van der Waals surface area (Å²) in [6, 6.07) is 5.76. The van der Waals surface area contributed by atoms with Gasteiger partial charge in [-0.05, 0) is 31.9 Å². The van der Waals surface area contributed by atoms with Crippen LogP contribution in [0.25, 0.3) is 0 Å². The summed E-state index contributed by atoms with van der Waals surface area (Å²) in [6.45, 7) is 3.44. The van der Waals surface area contributed by atoms with Gasteiger partial charge < -0.3 is 5.11 Å². The van der Waals surface area contributed by atoms with Crippen LogP contribution in [0.1, 0.15) is 37.0 Å². The molecule has 0 spiro atoms. The first-order valence-electron chi connectivity index (χ1n) is 6.15. The predicted octanol–water partition coefficient (Wildman–Crippen LogP) is 1.33. The molecule has 0 heterocycles. The first-order valence-corrected chi connectivity index (χ1v) is 7.64. The maximum atomic E-state index is 11.9. The summed E-state index contributed by atoms with van der Waals surface area (Å²) in [5, 5.41) is 9.35. The predicted molar refractivity (Wildman–Crippen MR) is 72.5 cm³/mol. The first-order chi connectivity index (χ1) is 8.86. The lowest BCUT2D eigenvalue weighted by atomic mass is 10.2. The molecular formula is C13H19NO4S. The van der Waals surface area contributed by atoms with Gasteiger partial charge in [0.05, 0.1) is 11.0 Å². The van der Waals surface area contributed by atoms with Crippen molar-refractivity contribution in [1.82, 2.24) is 4.72 Å². The van der Waals surface area contributed by atoms with E-state index in [1.807, 2.05) is 6.92 Å². The fraction of sp³-hybridized carbons (Fsp3) is 0.462. The highest BCUT2D eigenvalue weighted by atomic mass is 32.2. The number of benzene rings is 1. The van der Waals surface area contributed by atoms with Crippen LogP contribution in [0.2, 0.25) is 0 Å². The Morgan fingerprint density at radius 1 is 1.32 bits per heavy atom. The van der Waals surface area contributed by atoms with Crippen LogP contribution in [0.5, 0.6) is 0 Å². The zero-order valence-electron chi connectivity index (χ0n) is 11.1. The zero-order chi connectivity index (χ0) is 14.5. The van der Waals surface area contributed by atoms with Gasteiger partial charge in [0.25, 0.3) is 0 Å². The Kier molecular flexibility index (Phi) is 5.65. The van der Waals surface area contributed by atoms with Gasteiger partial charge >= 0.3 is 0 Å². The van der Waals surface area contributed by atoms with Gasteiger partial charge in [0.1, 0.15) is 0 Å². The molecule has 106 valence electrons. The summed E-state index contributed by atoms with van der Waals surface area (Å²) in [5.74, 6) is -0.108. The fourth-order valence-electron chi connectivity index (χ4n) is 1.52. The fourth-order valence-corrected chi connectivity index (χ4v) is 2.56. The molecule has 0 aromatic heterocycles. The molecule has 0 saturated heterocycles. The van der Waals surface area contributed by atoms with E-state index in [1.54, 1.807) is 0 Å². The highest BCUT2D eigenvalue weighted by Crippen LogP contribution is 2.11. The van der Waals surface area contributed by atoms with Crippen LogP contribution in [0, 0.1) is 0 Å². The van der Waals surface area contributed by atoms with E-state index in [4.69, 9.17) is 0 Å². The smallest absolute Gasteiger partial charge is 0.240 e. The second-order valence-electron chi connectivity index (χ2n) is 4.33. The van der Waals surface area contributed by atoms with Crippen LogP contribution in [0.15, 0.2) is 29.2 Å². The number of aliphatic hydroxyl groups excluding tert-OH is 1. The summed E-state index contributed by atoms with van der Waals surface area (Å²) >= 11 is 0. The number of aliphatic hydroxyl groups is 1. The second-order valence-corrected chi connectivity index (χ2v) is 6.10. The topological polar surface area (TPSA) is 83.5 Å². The largest absolute Gasteiger partial charge is 0.393 e. The van der Waals surface area contributed by atoms with Crippen LogP contribution in [0.3, 0.4) is 0 Å². The number of Topliss-reactive ketones (excluding diaryl/α,β-unsaturated/α-hetero) is 1. The standard InChI is InChI=1S/C13H19NO4S/c1-3-12(16)8-9-14-19(17,18)13-6-4-11(5-7-13)10(2)15/h4-7,12,14,16H,3,8-9H2,1-2H3. The normalized spacial score (nSPS) is 13.2. The van der Waals surface area contributed by atoms with Crippen molar-refractivity contribution in [1.29, 1.82) is 0 Å². The highest BCUT2D eigenvalue weighted by molar-refractivity contribution is 7.89. The number of sulfonamides is 1. The van der Waals surface area contributed by atoms with Crippen LogP contribution >= 0.6 is 0 Å². The lowest BCUT2D eigenvalue weighted by molar-refractivity contribution is 0.101. The molecule has 0 bridgehead atoms. The van der Waals surface area contributed by atoms with Crippen molar-refractivity contribution >= 4 is 15.8 Å². The number of hydrogen-bond acceptors (Lipinski definition) is 4. The van der Waals surface area contributed by atoms with Crippen LogP contribution in [0.4, 0.5) is 0 Å². The molecule has 1 rings (SSSR count). The molecule has 0 amide bonds. The summed E-state index contributed by atoms with van der Waals surface area (Å²) < 4.78 is 26.2. The van der Waals surface area contributed by atoms with Crippen LogP contribution in [-0.2, 0) is 10.0 Å². The minimum Gasteiger partial charge on any atom is -0.393 e. The van der Waals surface area contributed by atoms with E-state index in [-0.39, 0.29) is 17.2 Å². The molecule has 0 radical (unpaired) electrons. The van der Waals surface area contributed by atoms with E-state index < -0.39 is 16.1 Å². The Labute approximate surface area is 113 Å². The zero-order valence-corrected chi connectivity index (χ0v) is 11.9. The van der Waals surface area contributed by atoms with E-state index in [2.05, 4.69) is 4.72 Å². The van der Waals surface area contributed by atoms with Crippen LogP contribution < -0.4 is 4.72 Å². The molecule has 0 aliphatic heterocycles. The van der Waals surface area contributed by atoms with E-state index in [0.717, 1.165) is 0 Å². The van der Waals surface area contributed by atoms with Gasteiger partial charge in [0.15, 0.2) is 5.78 Å². The first kappa shape index (κ1) is 15.8. The molecule has 1 aromatic carbocycles. The number of carbonyl (C=O) groups is 1. The highest BCUT2D eigenvalue weighted by Gasteiger charge is 2.14. The average molecular weight is 285 g/mol. The van der Waals surface area contributed by atoms with Crippen molar-refractivity contribution in [2.45, 2.75) is 37.7 Å². The lowest BCUT2D eigenvalue weighted by Gasteiger charge is -2.09. The molecule has 0 saturated carbocycles. The summed E-state index contributed by atoms with van der Waals surface area (Å²) in [4.78, 5) is 11.2. The van der Waals surface area contributed by atoms with E-state index in [9.17, 15) is 18.3 Å². The number of rotatable bonds is 7. The third kappa shape index (κ3) is 4.74. The maximum Gasteiger partial charge on any atom is 0.240 e. The lowest BCUT2D eigenvalue weighted by Crippen LogP contribution is -2.27. The maximum absolute atomic E-state index is 11.9. The van der Waals surface area contributed by atoms with Gasteiger partial charge in [-0.15, -0.1) is 0 Å². The van der Waals surface area contributed by atoms with E-state index in [0.29, 0.717) is 18.4 Å². The van der Waals surface area contributed by atoms with Crippen molar-refractivity contribution in [3.63, 3.8) is 0 Å². The van der Waals surface area contributed by atoms with Crippen molar-refractivity contribution < 1.29 is 18.3 Å². The Hall–Kier alpha value is -1.24. The monoisotopic (exact) mass is 285 g/mol. The molecule has 2 N–H and O–H groups in total. The second kappa shape index (κ2) is 6.79. The van der Waals surface area contributed by atoms with Gasteiger partial charge in [-0.25, -0.2) is 13.1 Å². The van der Waals surface area contributed by atoms with Gasteiger partial charge in [0.2, 0.25) is 10.0 Å². The van der Waals surface area contributed by atoms with E-state index in [1.165, 1.54) is 31.2 Å². The molecule has 0 aliphatic carbocycles.